The third-order valence-corrected chi connectivity index (χ3v) is 9.55. The Morgan fingerprint density at radius 1 is 1.21 bits per heavy atom. The summed E-state index contributed by atoms with van der Waals surface area (Å²) in [4.78, 5) is 13.4. The zero-order chi connectivity index (χ0) is 24.0. The first-order chi connectivity index (χ1) is 15.5. The van der Waals surface area contributed by atoms with Gasteiger partial charge in [-0.05, 0) is 68.1 Å². The lowest BCUT2D eigenvalue weighted by Crippen LogP contribution is -2.62. The average molecular weight is 454 g/mol. The Morgan fingerprint density at radius 2 is 1.97 bits per heavy atom. The van der Waals surface area contributed by atoms with E-state index in [4.69, 9.17) is 0 Å². The van der Waals surface area contributed by atoms with Gasteiger partial charge in [0.25, 0.3) is 0 Å². The molecule has 6 nitrogen and oxygen atoms in total. The highest BCUT2D eigenvalue weighted by molar-refractivity contribution is 5.69. The molecule has 2 heterocycles. The molecule has 0 saturated heterocycles. The van der Waals surface area contributed by atoms with Crippen LogP contribution in [0.3, 0.4) is 0 Å². The largest absolute Gasteiger partial charge is 0.389 e. The van der Waals surface area contributed by atoms with Crippen molar-refractivity contribution in [3.63, 3.8) is 0 Å². The molecule has 4 rings (SSSR count). The van der Waals surface area contributed by atoms with E-state index in [1.54, 1.807) is 13.4 Å². The van der Waals surface area contributed by atoms with Crippen LogP contribution in [-0.4, -0.2) is 36.9 Å². The van der Waals surface area contributed by atoms with E-state index in [1.165, 1.54) is 12.0 Å². The molecule has 2 fully saturated rings. The maximum absolute atomic E-state index is 11.9. The van der Waals surface area contributed by atoms with Crippen molar-refractivity contribution in [2.75, 3.05) is 7.05 Å². The lowest BCUT2D eigenvalue weighted by molar-refractivity contribution is -0.212. The first-order valence-corrected chi connectivity index (χ1v) is 12.7. The van der Waals surface area contributed by atoms with Crippen molar-refractivity contribution in [2.45, 2.75) is 91.7 Å². The van der Waals surface area contributed by atoms with E-state index in [1.807, 2.05) is 17.9 Å². The van der Waals surface area contributed by atoms with E-state index in [9.17, 15) is 5.11 Å². The number of aryl methyl sites for hydroxylation is 1. The van der Waals surface area contributed by atoms with Crippen LogP contribution >= 0.6 is 0 Å². The fraction of sp³-hybridized carbons (Fsp3) is 0.741. The molecule has 2 saturated carbocycles. The van der Waals surface area contributed by atoms with E-state index in [0.29, 0.717) is 11.8 Å². The van der Waals surface area contributed by atoms with Crippen molar-refractivity contribution >= 4 is 11.2 Å². The Balaban J connectivity index is 1.52. The molecule has 0 aromatic carbocycles. The van der Waals surface area contributed by atoms with Crippen LogP contribution in [0.4, 0.5) is 0 Å². The predicted molar refractivity (Wildman–Crippen MR) is 134 cm³/mol. The molecule has 6 heteroatoms. The minimum absolute atomic E-state index is 0.0108. The molecular formula is C27H43N5O. The van der Waals surface area contributed by atoms with Crippen LogP contribution in [0.1, 0.15) is 79.6 Å². The van der Waals surface area contributed by atoms with Gasteiger partial charge in [-0.2, -0.15) is 0 Å². The van der Waals surface area contributed by atoms with Gasteiger partial charge in [0, 0.05) is 20.6 Å². The molecule has 0 unspecified atom stereocenters. The second-order valence-electron chi connectivity index (χ2n) is 11.7. The van der Waals surface area contributed by atoms with Gasteiger partial charge < -0.3 is 14.2 Å². The van der Waals surface area contributed by atoms with Gasteiger partial charge in [0.15, 0.2) is 11.1 Å². The van der Waals surface area contributed by atoms with Crippen LogP contribution in [0, 0.1) is 22.7 Å². The predicted octanol–water partition coefficient (Wildman–Crippen LogP) is 5.02. The number of aliphatic hydroxyl groups is 1. The van der Waals surface area contributed by atoms with Crippen molar-refractivity contribution in [1.82, 2.24) is 19.1 Å². The zero-order valence-corrected chi connectivity index (χ0v) is 21.7. The number of fused-ring (bicyclic) bond motifs is 2. The number of nitrogens with zero attached hydrogens (tertiary/aromatic N) is 5. The first kappa shape index (κ1) is 24.2. The van der Waals surface area contributed by atoms with Gasteiger partial charge in [-0.3, -0.25) is 4.99 Å². The summed E-state index contributed by atoms with van der Waals surface area (Å²) >= 11 is 0. The quantitative estimate of drug-likeness (QED) is 0.646. The number of allylic oxidation sites excluding steroid dienone is 2. The van der Waals surface area contributed by atoms with Gasteiger partial charge in [-0.25, -0.2) is 9.97 Å². The Hall–Kier alpha value is -1.95. The van der Waals surface area contributed by atoms with E-state index in [2.05, 4.69) is 60.2 Å². The topological polar surface area (TPSA) is 68.2 Å². The maximum Gasteiger partial charge on any atom is 0.176 e. The van der Waals surface area contributed by atoms with Crippen LogP contribution in [0.25, 0.3) is 11.2 Å². The van der Waals surface area contributed by atoms with Gasteiger partial charge in [-0.15, -0.1) is 0 Å². The molecule has 0 bridgehead atoms. The second kappa shape index (κ2) is 8.68. The van der Waals surface area contributed by atoms with E-state index >= 15 is 0 Å². The van der Waals surface area contributed by atoms with Crippen LogP contribution in [0.5, 0.6) is 0 Å². The second-order valence-corrected chi connectivity index (χ2v) is 11.7. The summed E-state index contributed by atoms with van der Waals surface area (Å²) < 4.78 is 4.08. The molecule has 0 amide bonds. The van der Waals surface area contributed by atoms with Crippen molar-refractivity contribution < 1.29 is 5.11 Å². The summed E-state index contributed by atoms with van der Waals surface area (Å²) in [6, 6.07) is 0. The highest BCUT2D eigenvalue weighted by atomic mass is 16.3. The van der Waals surface area contributed by atoms with Crippen molar-refractivity contribution in [2.24, 2.45) is 34.7 Å². The van der Waals surface area contributed by atoms with Gasteiger partial charge in [0.05, 0.1) is 18.3 Å². The molecule has 4 atom stereocenters. The summed E-state index contributed by atoms with van der Waals surface area (Å²) in [5.41, 5.74) is 3.67. The van der Waals surface area contributed by atoms with Crippen molar-refractivity contribution in [1.29, 1.82) is 0 Å². The fourth-order valence-electron chi connectivity index (χ4n) is 6.83. The Morgan fingerprint density at radius 3 is 2.70 bits per heavy atom. The molecule has 2 aliphatic carbocycles. The van der Waals surface area contributed by atoms with E-state index in [0.717, 1.165) is 61.7 Å². The smallest absolute Gasteiger partial charge is 0.176 e. The molecule has 182 valence electrons. The Kier molecular flexibility index (Phi) is 6.36. The number of imidazole rings is 1. The summed E-state index contributed by atoms with van der Waals surface area (Å²) in [5.74, 6) is 1.03. The third-order valence-electron chi connectivity index (χ3n) is 9.55. The average Bonchev–Trinajstić information content (AvgIpc) is 3.21. The van der Waals surface area contributed by atoms with Gasteiger partial charge in [0.1, 0.15) is 5.52 Å². The Bertz CT molecular complexity index is 1110. The molecule has 2 aromatic rings. The van der Waals surface area contributed by atoms with E-state index in [-0.39, 0.29) is 10.8 Å². The van der Waals surface area contributed by atoms with Crippen LogP contribution in [-0.2, 0) is 13.6 Å². The third kappa shape index (κ3) is 3.98. The van der Waals surface area contributed by atoms with Gasteiger partial charge in [0.2, 0.25) is 0 Å². The molecule has 0 aliphatic heterocycles. The Labute approximate surface area is 198 Å². The highest BCUT2D eigenvalue weighted by Crippen LogP contribution is 2.62. The highest BCUT2D eigenvalue weighted by Gasteiger charge is 2.60. The molecule has 0 radical (unpaired) electrons. The van der Waals surface area contributed by atoms with Crippen molar-refractivity contribution in [3.8, 4) is 0 Å². The number of hydrogen-bond donors (Lipinski definition) is 1. The van der Waals surface area contributed by atoms with Crippen LogP contribution in [0.2, 0.25) is 0 Å². The summed E-state index contributed by atoms with van der Waals surface area (Å²) in [6.45, 7) is 12.5. The first-order valence-electron chi connectivity index (χ1n) is 12.7. The molecule has 0 spiro atoms. The molecule has 2 aliphatic rings. The molecular weight excluding hydrogens is 410 g/mol. The maximum atomic E-state index is 11.9. The molecule has 33 heavy (non-hydrogen) atoms. The number of hydrogen-bond acceptors (Lipinski definition) is 4. The number of rotatable bonds is 5. The fourth-order valence-corrected chi connectivity index (χ4v) is 6.83. The zero-order valence-electron chi connectivity index (χ0n) is 21.7. The molecule has 2 aromatic heterocycles. The summed E-state index contributed by atoms with van der Waals surface area (Å²) in [5, 5.41) is 11.9. The normalized spacial score (nSPS) is 32.8. The lowest BCUT2D eigenvalue weighted by Gasteiger charge is -2.62. The lowest BCUT2D eigenvalue weighted by atomic mass is 9.45. The summed E-state index contributed by atoms with van der Waals surface area (Å²) in [6.07, 6.45) is 13.8. The van der Waals surface area contributed by atoms with Crippen molar-refractivity contribution in [3.05, 3.63) is 29.8 Å². The minimum atomic E-state index is -0.525. The van der Waals surface area contributed by atoms with Gasteiger partial charge >= 0.3 is 0 Å². The van der Waals surface area contributed by atoms with E-state index < -0.39 is 5.60 Å². The van der Waals surface area contributed by atoms with Crippen LogP contribution in [0.15, 0.2) is 29.3 Å². The monoisotopic (exact) mass is 453 g/mol. The van der Waals surface area contributed by atoms with Gasteiger partial charge in [-0.1, -0.05) is 45.8 Å². The van der Waals surface area contributed by atoms with Crippen LogP contribution < -0.4 is 5.49 Å². The SMILES string of the molecule is CN=c1ncn(C)c2ncn(CC=C(C)CC[C@@]3(C)[C@H](C)CC[C@]4(O)[C@H]3CCCC4(C)C)c12. The molecule has 1 N–H and O–H groups in total. The summed E-state index contributed by atoms with van der Waals surface area (Å²) in [7, 11) is 3.74. The minimum Gasteiger partial charge on any atom is -0.389 e. The number of aromatic nitrogens is 4. The standard InChI is InChI=1S/C27H43N5O/c1-19(12-16-32-18-30-24-22(32)23(28-6)29-17-31(24)7)10-14-26(5)20(2)11-15-27(33)21(26)9-8-13-25(27,3)4/h12,17-18,20-21,33H,8-11,13-16H2,1-7H3/t20-,21+,26+,27+/m1/s1.